The van der Waals surface area contributed by atoms with E-state index in [4.69, 9.17) is 17.3 Å². The van der Waals surface area contributed by atoms with Crippen molar-refractivity contribution in [2.75, 3.05) is 19.6 Å². The first-order valence-electron chi connectivity index (χ1n) is 16.0. The fourth-order valence-electron chi connectivity index (χ4n) is 6.91. The Morgan fingerprint density at radius 3 is 2.32 bits per heavy atom. The van der Waals surface area contributed by atoms with Gasteiger partial charge >= 0.3 is 0 Å². The van der Waals surface area contributed by atoms with Crippen LogP contribution in [0.5, 0.6) is 0 Å². The average Bonchev–Trinajstić information content (AvgIpc) is 3.04. The lowest BCUT2D eigenvalue weighted by atomic mass is 9.78. The van der Waals surface area contributed by atoms with Crippen molar-refractivity contribution >= 4 is 35.2 Å². The molecule has 2 heterocycles. The van der Waals surface area contributed by atoms with Crippen molar-refractivity contribution in [3.63, 3.8) is 0 Å². The van der Waals surface area contributed by atoms with Gasteiger partial charge in [-0.1, -0.05) is 56.3 Å². The van der Waals surface area contributed by atoms with E-state index in [9.17, 15) is 19.5 Å². The molecule has 10 heteroatoms. The Bertz CT molecular complexity index is 1350. The Kier molecular flexibility index (Phi) is 10.4. The van der Waals surface area contributed by atoms with Gasteiger partial charge in [-0.25, -0.2) is 0 Å². The van der Waals surface area contributed by atoms with Gasteiger partial charge in [0.05, 0.1) is 6.10 Å². The van der Waals surface area contributed by atoms with Gasteiger partial charge in [-0.3, -0.25) is 19.3 Å². The number of aliphatic hydroxyl groups is 1. The van der Waals surface area contributed by atoms with E-state index in [0.717, 1.165) is 50.5 Å². The number of amides is 3. The minimum atomic E-state index is -0.885. The van der Waals surface area contributed by atoms with Crippen LogP contribution in [0.1, 0.15) is 86.2 Å². The summed E-state index contributed by atoms with van der Waals surface area (Å²) in [6.45, 7) is 4.58. The third kappa shape index (κ3) is 7.00. The number of piperidine rings is 1. The largest absolute Gasteiger partial charge is 0.390 e. The molecule has 0 radical (unpaired) electrons. The third-order valence-corrected chi connectivity index (χ3v) is 9.87. The summed E-state index contributed by atoms with van der Waals surface area (Å²) in [6.07, 6.45) is 7.04. The molecule has 2 aromatic rings. The molecule has 0 bridgehead atoms. The van der Waals surface area contributed by atoms with E-state index < -0.39 is 23.6 Å². The number of nitrogens with zero attached hydrogens (tertiary/aromatic N) is 3. The third-order valence-electron chi connectivity index (χ3n) is 9.62. The minimum Gasteiger partial charge on any atom is -0.390 e. The second-order valence-corrected chi connectivity index (χ2v) is 12.9. The number of unbranched alkanes of at least 4 members (excludes halogenated alkanes) is 1. The molecule has 5 rings (SSSR count). The predicted octanol–water partition coefficient (Wildman–Crippen LogP) is 4.29. The van der Waals surface area contributed by atoms with Gasteiger partial charge in [0.15, 0.2) is 0 Å². The minimum absolute atomic E-state index is 0.0521. The van der Waals surface area contributed by atoms with Gasteiger partial charge in [0.2, 0.25) is 11.8 Å². The van der Waals surface area contributed by atoms with E-state index >= 15 is 0 Å². The molecule has 1 spiro atoms. The summed E-state index contributed by atoms with van der Waals surface area (Å²) in [4.78, 5) is 48.4. The Hall–Kier alpha value is -3.27. The lowest BCUT2D eigenvalue weighted by molar-refractivity contribution is -0.166. The molecule has 236 valence electrons. The number of carbonyl (C=O) groups is 3. The molecular weight excluding hydrogens is 578 g/mol. The molecule has 3 fully saturated rings. The zero-order valence-corrected chi connectivity index (χ0v) is 26.3. The van der Waals surface area contributed by atoms with Crippen LogP contribution in [0, 0.1) is 5.92 Å². The molecule has 0 aromatic heterocycles. The molecule has 2 atom stereocenters. The van der Waals surface area contributed by atoms with Gasteiger partial charge in [0.1, 0.15) is 17.4 Å². The average molecular weight is 622 g/mol. The number of likely N-dealkylation sites (tertiary alicyclic amines) is 1. The number of aliphatic imine (C=N–C) groups is 1. The molecule has 2 saturated heterocycles. The van der Waals surface area contributed by atoms with Gasteiger partial charge in [-0.05, 0) is 80.0 Å². The highest BCUT2D eigenvalue weighted by Crippen LogP contribution is 2.36. The molecule has 4 N–H and O–H groups in total. The summed E-state index contributed by atoms with van der Waals surface area (Å²) in [7, 11) is 0. The van der Waals surface area contributed by atoms with Crippen LogP contribution in [-0.4, -0.2) is 75.8 Å². The summed E-state index contributed by atoms with van der Waals surface area (Å²) < 4.78 is 0. The summed E-state index contributed by atoms with van der Waals surface area (Å²) >= 11 is 5.92. The lowest BCUT2D eigenvalue weighted by Crippen LogP contribution is -2.75. The predicted molar refractivity (Wildman–Crippen MR) is 171 cm³/mol. The highest BCUT2D eigenvalue weighted by Gasteiger charge is 2.55. The number of carbonyl (C=O) groups excluding carboxylic acids is 3. The number of rotatable bonds is 9. The molecule has 3 amide bonds. The van der Waals surface area contributed by atoms with Crippen molar-refractivity contribution < 1.29 is 19.5 Å². The zero-order chi connectivity index (χ0) is 31.3. The Balaban J connectivity index is 1.21. The van der Waals surface area contributed by atoms with Gasteiger partial charge in [0, 0.05) is 42.3 Å². The van der Waals surface area contributed by atoms with E-state index in [1.165, 1.54) is 0 Å². The van der Waals surface area contributed by atoms with E-state index in [1.54, 1.807) is 41.3 Å². The molecule has 9 nitrogen and oxygen atoms in total. The number of hydrogen-bond acceptors (Lipinski definition) is 5. The number of aliphatic hydroxyl groups excluding tert-OH is 1. The van der Waals surface area contributed by atoms with Crippen LogP contribution in [0.25, 0.3) is 0 Å². The highest BCUT2D eigenvalue weighted by atomic mass is 35.5. The summed E-state index contributed by atoms with van der Waals surface area (Å²) in [6, 6.07) is 13.3. The molecule has 1 saturated carbocycles. The maximum absolute atomic E-state index is 13.8. The van der Waals surface area contributed by atoms with Crippen molar-refractivity contribution in [2.24, 2.45) is 16.6 Å². The Morgan fingerprint density at radius 2 is 1.68 bits per heavy atom. The lowest BCUT2D eigenvalue weighted by Gasteiger charge is -2.52. The fraction of sp³-hybridized carbons (Fsp3) is 0.529. The maximum Gasteiger partial charge on any atom is 0.278 e. The van der Waals surface area contributed by atoms with Gasteiger partial charge in [-0.15, -0.1) is 0 Å². The van der Waals surface area contributed by atoms with Gasteiger partial charge in [-0.2, -0.15) is 4.99 Å². The SMILES string of the molecule is CCCCN1C(=O)[C@@H]([C@H](O)C2CCCCC2)NC(=O)C12CCN(Cc1ccc(C(=O)N=C(N)c3ccc(Cl)cc3)cc1)CC2. The van der Waals surface area contributed by atoms with Crippen LogP contribution >= 0.6 is 11.6 Å². The Labute approximate surface area is 264 Å². The fourth-order valence-corrected chi connectivity index (χ4v) is 7.03. The first-order valence-corrected chi connectivity index (χ1v) is 16.4. The van der Waals surface area contributed by atoms with Crippen molar-refractivity contribution in [2.45, 2.75) is 88.9 Å². The van der Waals surface area contributed by atoms with Crippen LogP contribution in [0.2, 0.25) is 5.02 Å². The summed E-state index contributed by atoms with van der Waals surface area (Å²) in [5.74, 6) is -0.503. The highest BCUT2D eigenvalue weighted by molar-refractivity contribution is 6.30. The number of benzene rings is 2. The monoisotopic (exact) mass is 621 g/mol. The topological polar surface area (TPSA) is 128 Å². The van der Waals surface area contributed by atoms with Crippen LogP contribution < -0.4 is 11.1 Å². The van der Waals surface area contributed by atoms with E-state index in [0.29, 0.717) is 55.2 Å². The molecule has 2 aliphatic heterocycles. The number of nitrogens with one attached hydrogen (secondary N) is 1. The quantitative estimate of drug-likeness (QED) is 0.283. The van der Waals surface area contributed by atoms with E-state index in [-0.39, 0.29) is 23.6 Å². The van der Waals surface area contributed by atoms with Crippen molar-refractivity contribution in [3.05, 3.63) is 70.2 Å². The second-order valence-electron chi connectivity index (χ2n) is 12.5. The number of nitrogens with two attached hydrogens (primary N) is 1. The maximum atomic E-state index is 13.8. The first kappa shape index (κ1) is 32.1. The number of halogens is 1. The van der Waals surface area contributed by atoms with Crippen LogP contribution in [0.3, 0.4) is 0 Å². The molecule has 44 heavy (non-hydrogen) atoms. The first-order chi connectivity index (χ1) is 21.2. The van der Waals surface area contributed by atoms with Crippen molar-refractivity contribution in [1.82, 2.24) is 15.1 Å². The van der Waals surface area contributed by atoms with Crippen molar-refractivity contribution in [1.29, 1.82) is 0 Å². The van der Waals surface area contributed by atoms with Crippen LogP contribution in [0.15, 0.2) is 53.5 Å². The zero-order valence-electron chi connectivity index (χ0n) is 25.5. The summed E-state index contributed by atoms with van der Waals surface area (Å²) in [5.41, 5.74) is 7.24. The summed E-state index contributed by atoms with van der Waals surface area (Å²) in [5, 5.41) is 14.7. The van der Waals surface area contributed by atoms with Crippen LogP contribution in [0.4, 0.5) is 0 Å². The van der Waals surface area contributed by atoms with E-state index in [2.05, 4.69) is 22.1 Å². The molecule has 1 aliphatic carbocycles. The van der Waals surface area contributed by atoms with Gasteiger partial charge in [0.25, 0.3) is 5.91 Å². The molecule has 0 unspecified atom stereocenters. The smallest absolute Gasteiger partial charge is 0.278 e. The van der Waals surface area contributed by atoms with Gasteiger partial charge < -0.3 is 21.1 Å². The number of piperazine rings is 1. The Morgan fingerprint density at radius 1 is 1.05 bits per heavy atom. The normalized spacial score (nSPS) is 22.2. The standard InChI is InChI=1S/C34H44ClN5O4/c1-2-3-19-40-32(43)28(29(41)24-7-5-4-6-8-24)37-33(44)34(40)17-20-39(21-18-34)22-23-9-11-26(12-10-23)31(42)38-30(36)25-13-15-27(35)16-14-25/h9-16,24,28-29,41H,2-8,17-22H2,1H3,(H,37,44)(H2,36,38,42)/t28-,29-/m1/s1. The number of hydrogen-bond donors (Lipinski definition) is 3. The second kappa shape index (κ2) is 14.2. The van der Waals surface area contributed by atoms with E-state index in [1.807, 2.05) is 12.1 Å². The van der Waals surface area contributed by atoms with Crippen molar-refractivity contribution in [3.8, 4) is 0 Å². The molecule has 2 aromatic carbocycles. The number of amidine groups is 1. The molecular formula is C34H44ClN5O4. The molecule has 3 aliphatic rings. The van der Waals surface area contributed by atoms with Crippen LogP contribution in [-0.2, 0) is 16.1 Å².